The van der Waals surface area contributed by atoms with Crippen LogP contribution in [0.2, 0.25) is 0 Å². The topological polar surface area (TPSA) is 29.1 Å². The predicted octanol–water partition coefficient (Wildman–Crippen LogP) is 11.1. The summed E-state index contributed by atoms with van der Waals surface area (Å²) in [4.78, 5) is 12.2. The van der Waals surface area contributed by atoms with Gasteiger partial charge in [0.2, 0.25) is 5.91 Å². The van der Waals surface area contributed by atoms with Crippen LogP contribution in [0.25, 0.3) is 0 Å². The van der Waals surface area contributed by atoms with Gasteiger partial charge in [0.05, 0.1) is 0 Å². The van der Waals surface area contributed by atoms with E-state index in [-0.39, 0.29) is 5.91 Å². The molecule has 1 atom stereocenters. The zero-order chi connectivity index (χ0) is 25.0. The minimum absolute atomic E-state index is 0.273. The van der Waals surface area contributed by atoms with E-state index in [9.17, 15) is 4.79 Å². The highest BCUT2D eigenvalue weighted by atomic mass is 16.1. The minimum atomic E-state index is 0.273. The Hall–Kier alpha value is -0.530. The van der Waals surface area contributed by atoms with Gasteiger partial charge in [0.15, 0.2) is 0 Å². The Labute approximate surface area is 216 Å². The Balaban J connectivity index is 3.28. The van der Waals surface area contributed by atoms with E-state index in [1.807, 2.05) is 0 Å². The normalized spacial score (nSPS) is 12.2. The fourth-order valence-electron chi connectivity index (χ4n) is 5.01. The number of amides is 1. The third-order valence-corrected chi connectivity index (χ3v) is 7.41. The molecule has 0 heterocycles. The molecule has 0 aromatic heterocycles. The Morgan fingerprint density at radius 2 is 0.765 bits per heavy atom. The van der Waals surface area contributed by atoms with Gasteiger partial charge in [-0.15, -0.1) is 0 Å². The highest BCUT2D eigenvalue weighted by Crippen LogP contribution is 2.14. The van der Waals surface area contributed by atoms with Crippen LogP contribution in [-0.2, 0) is 4.79 Å². The molecular weight excluding hydrogens is 414 g/mol. The van der Waals surface area contributed by atoms with Crippen LogP contribution >= 0.6 is 0 Å². The largest absolute Gasteiger partial charge is 0.354 e. The quantitative estimate of drug-likeness (QED) is 0.111. The van der Waals surface area contributed by atoms with Crippen LogP contribution in [-0.4, -0.2) is 11.9 Å². The second-order valence-corrected chi connectivity index (χ2v) is 11.1. The van der Waals surface area contributed by atoms with Crippen LogP contribution in [0.5, 0.6) is 0 Å². The fraction of sp³-hybridized carbons (Fsp3) is 0.969. The molecule has 0 aliphatic heterocycles. The summed E-state index contributed by atoms with van der Waals surface area (Å²) < 4.78 is 0. The summed E-state index contributed by atoms with van der Waals surface area (Å²) in [6, 6.07) is 0.345. The molecule has 0 aliphatic carbocycles. The number of hydrogen-bond donors (Lipinski definition) is 1. The van der Waals surface area contributed by atoms with Gasteiger partial charge < -0.3 is 5.32 Å². The average molecular weight is 480 g/mol. The van der Waals surface area contributed by atoms with Gasteiger partial charge in [0.1, 0.15) is 0 Å². The van der Waals surface area contributed by atoms with Crippen LogP contribution in [0.3, 0.4) is 0 Å². The monoisotopic (exact) mass is 480 g/mol. The van der Waals surface area contributed by atoms with Crippen LogP contribution in [0.1, 0.15) is 194 Å². The predicted molar refractivity (Wildman–Crippen MR) is 154 cm³/mol. The SMILES string of the molecule is CCCCCCCCCCCCCCCC(=O)NC(C)CCCCCCCCCCCCCC. The molecule has 0 rings (SSSR count). The lowest BCUT2D eigenvalue weighted by Gasteiger charge is -2.13. The molecule has 0 saturated heterocycles. The van der Waals surface area contributed by atoms with Gasteiger partial charge in [0, 0.05) is 12.5 Å². The molecule has 0 fully saturated rings. The van der Waals surface area contributed by atoms with Gasteiger partial charge in [-0.3, -0.25) is 4.79 Å². The first-order valence-corrected chi connectivity index (χ1v) is 16.0. The molecule has 1 unspecified atom stereocenters. The molecule has 0 aromatic rings. The number of nitrogens with one attached hydrogen (secondary N) is 1. The van der Waals surface area contributed by atoms with E-state index in [1.165, 1.54) is 154 Å². The lowest BCUT2D eigenvalue weighted by Crippen LogP contribution is -2.32. The lowest BCUT2D eigenvalue weighted by molar-refractivity contribution is -0.121. The highest BCUT2D eigenvalue weighted by Gasteiger charge is 2.07. The lowest BCUT2D eigenvalue weighted by atomic mass is 10.0. The maximum atomic E-state index is 12.2. The number of unbranched alkanes of at least 4 members (excludes halogenated alkanes) is 23. The Kier molecular flexibility index (Phi) is 28.3. The number of carbonyl (C=O) groups is 1. The zero-order valence-corrected chi connectivity index (χ0v) is 24.1. The molecule has 0 aliphatic rings. The third-order valence-electron chi connectivity index (χ3n) is 7.41. The zero-order valence-electron chi connectivity index (χ0n) is 24.1. The molecule has 34 heavy (non-hydrogen) atoms. The smallest absolute Gasteiger partial charge is 0.220 e. The maximum Gasteiger partial charge on any atom is 0.220 e. The molecule has 2 heteroatoms. The van der Waals surface area contributed by atoms with E-state index in [1.54, 1.807) is 0 Å². The first kappa shape index (κ1) is 33.5. The second kappa shape index (κ2) is 28.7. The first-order valence-electron chi connectivity index (χ1n) is 16.0. The van der Waals surface area contributed by atoms with Crippen LogP contribution in [0.4, 0.5) is 0 Å². The second-order valence-electron chi connectivity index (χ2n) is 11.1. The van der Waals surface area contributed by atoms with E-state index >= 15 is 0 Å². The molecular formula is C32H65NO. The van der Waals surface area contributed by atoms with Crippen LogP contribution < -0.4 is 5.32 Å². The van der Waals surface area contributed by atoms with Crippen LogP contribution in [0, 0.1) is 0 Å². The third kappa shape index (κ3) is 27.7. The van der Waals surface area contributed by atoms with Crippen molar-refractivity contribution in [3.63, 3.8) is 0 Å². The summed E-state index contributed by atoms with van der Waals surface area (Å²) in [7, 11) is 0. The molecule has 204 valence electrons. The molecule has 0 aromatic carbocycles. The van der Waals surface area contributed by atoms with Gasteiger partial charge in [0.25, 0.3) is 0 Å². The van der Waals surface area contributed by atoms with Gasteiger partial charge in [-0.25, -0.2) is 0 Å². The number of carbonyl (C=O) groups excluding carboxylic acids is 1. The van der Waals surface area contributed by atoms with Crippen molar-refractivity contribution in [3.8, 4) is 0 Å². The van der Waals surface area contributed by atoms with Gasteiger partial charge in [-0.05, 0) is 19.8 Å². The summed E-state index contributed by atoms with van der Waals surface area (Å²) in [6.07, 6.45) is 36.2. The van der Waals surface area contributed by atoms with E-state index < -0.39 is 0 Å². The average Bonchev–Trinajstić information content (AvgIpc) is 2.82. The van der Waals surface area contributed by atoms with Crippen molar-refractivity contribution in [2.45, 2.75) is 200 Å². The Morgan fingerprint density at radius 3 is 1.12 bits per heavy atom. The number of hydrogen-bond acceptors (Lipinski definition) is 1. The first-order chi connectivity index (χ1) is 16.7. The van der Waals surface area contributed by atoms with Crippen LogP contribution in [0.15, 0.2) is 0 Å². The van der Waals surface area contributed by atoms with Gasteiger partial charge in [-0.2, -0.15) is 0 Å². The summed E-state index contributed by atoms with van der Waals surface area (Å²) in [5.41, 5.74) is 0. The molecule has 0 spiro atoms. The fourth-order valence-corrected chi connectivity index (χ4v) is 5.01. The van der Waals surface area contributed by atoms with Crippen molar-refractivity contribution in [3.05, 3.63) is 0 Å². The van der Waals surface area contributed by atoms with Crippen molar-refractivity contribution in [1.82, 2.24) is 5.32 Å². The van der Waals surface area contributed by atoms with Crippen molar-refractivity contribution in [1.29, 1.82) is 0 Å². The summed E-state index contributed by atoms with van der Waals surface area (Å²) in [5.74, 6) is 0.273. The standard InChI is InChI=1S/C32H65NO/c1-4-6-8-10-12-14-16-18-20-22-24-26-28-30-32(34)33-31(3)29-27-25-23-21-19-17-15-13-11-9-7-5-2/h31H,4-30H2,1-3H3,(H,33,34). The molecule has 0 bridgehead atoms. The Morgan fingerprint density at radius 1 is 0.471 bits per heavy atom. The summed E-state index contributed by atoms with van der Waals surface area (Å²) in [5, 5.41) is 3.22. The van der Waals surface area contributed by atoms with Crippen molar-refractivity contribution >= 4 is 5.91 Å². The van der Waals surface area contributed by atoms with E-state index in [0.29, 0.717) is 6.04 Å². The maximum absolute atomic E-state index is 12.2. The van der Waals surface area contributed by atoms with Crippen molar-refractivity contribution in [2.75, 3.05) is 0 Å². The van der Waals surface area contributed by atoms with Gasteiger partial charge >= 0.3 is 0 Å². The number of rotatable bonds is 28. The van der Waals surface area contributed by atoms with Gasteiger partial charge in [-0.1, -0.05) is 168 Å². The summed E-state index contributed by atoms with van der Waals surface area (Å²) >= 11 is 0. The van der Waals surface area contributed by atoms with E-state index in [2.05, 4.69) is 26.1 Å². The van der Waals surface area contributed by atoms with E-state index in [4.69, 9.17) is 0 Å². The molecule has 1 amide bonds. The minimum Gasteiger partial charge on any atom is -0.354 e. The summed E-state index contributed by atoms with van der Waals surface area (Å²) in [6.45, 7) is 6.75. The van der Waals surface area contributed by atoms with Crippen molar-refractivity contribution < 1.29 is 4.79 Å². The molecule has 0 saturated carbocycles. The molecule has 2 nitrogen and oxygen atoms in total. The highest BCUT2D eigenvalue weighted by molar-refractivity contribution is 5.76. The van der Waals surface area contributed by atoms with E-state index in [0.717, 1.165) is 19.3 Å². The van der Waals surface area contributed by atoms with Crippen molar-refractivity contribution in [2.24, 2.45) is 0 Å². The molecule has 0 radical (unpaired) electrons. The molecule has 1 N–H and O–H groups in total. The Bertz CT molecular complexity index is 394.